The van der Waals surface area contributed by atoms with Crippen LogP contribution >= 0.6 is 11.6 Å². The van der Waals surface area contributed by atoms with Crippen molar-refractivity contribution in [3.05, 3.63) is 77.6 Å². The number of nitrogens with one attached hydrogen (secondary N) is 1. The molecular formula is C23H20ClF3N4O3. The van der Waals surface area contributed by atoms with Gasteiger partial charge in [0, 0.05) is 53.6 Å². The van der Waals surface area contributed by atoms with Crippen LogP contribution in [0.4, 0.5) is 13.2 Å². The van der Waals surface area contributed by atoms with E-state index in [1.165, 1.54) is 12.4 Å². The monoisotopic (exact) mass is 492 g/mol. The van der Waals surface area contributed by atoms with Crippen molar-refractivity contribution in [1.82, 2.24) is 19.9 Å². The number of allylic oxidation sites excluding steroid dienone is 1. The zero-order chi connectivity index (χ0) is 24.5. The number of ether oxygens (including phenoxy) is 1. The molecule has 3 heterocycles. The van der Waals surface area contributed by atoms with Gasteiger partial charge in [0.05, 0.1) is 18.1 Å². The summed E-state index contributed by atoms with van der Waals surface area (Å²) < 4.78 is 45.4. The van der Waals surface area contributed by atoms with Gasteiger partial charge in [0.1, 0.15) is 11.4 Å². The summed E-state index contributed by atoms with van der Waals surface area (Å²) in [5, 5.41) is 13.5. The summed E-state index contributed by atoms with van der Waals surface area (Å²) in [5.41, 5.74) is 0.933. The quantitative estimate of drug-likeness (QED) is 0.528. The van der Waals surface area contributed by atoms with Gasteiger partial charge in [-0.15, -0.1) is 0 Å². The summed E-state index contributed by atoms with van der Waals surface area (Å²) in [7, 11) is 0. The van der Waals surface area contributed by atoms with Gasteiger partial charge in [-0.05, 0) is 30.3 Å². The second-order valence-electron chi connectivity index (χ2n) is 7.81. The summed E-state index contributed by atoms with van der Waals surface area (Å²) in [5.74, 6) is -0.0237. The van der Waals surface area contributed by atoms with E-state index in [4.69, 9.17) is 16.3 Å². The Bertz CT molecular complexity index is 1210. The number of hydrogen-bond donors (Lipinski definition) is 2. The van der Waals surface area contributed by atoms with Crippen molar-refractivity contribution in [1.29, 1.82) is 0 Å². The van der Waals surface area contributed by atoms with Gasteiger partial charge in [-0.2, -0.15) is 13.2 Å². The molecule has 3 aromatic rings. The first-order chi connectivity index (χ1) is 16.1. The number of alkyl halides is 3. The molecule has 0 aliphatic carbocycles. The van der Waals surface area contributed by atoms with Crippen LogP contribution in [0.2, 0.25) is 5.02 Å². The van der Waals surface area contributed by atoms with E-state index in [9.17, 15) is 23.1 Å². The predicted molar refractivity (Wildman–Crippen MR) is 118 cm³/mol. The Hall–Kier alpha value is -3.37. The van der Waals surface area contributed by atoms with Crippen LogP contribution in [0.25, 0.3) is 11.3 Å². The van der Waals surface area contributed by atoms with Gasteiger partial charge in [0.2, 0.25) is 0 Å². The highest BCUT2D eigenvalue weighted by Gasteiger charge is 2.33. The second kappa shape index (κ2) is 9.47. The third-order valence-corrected chi connectivity index (χ3v) is 5.52. The number of rotatable bonds is 6. The van der Waals surface area contributed by atoms with Gasteiger partial charge in [0.15, 0.2) is 6.10 Å². The maximum Gasteiger partial charge on any atom is 0.433 e. The first kappa shape index (κ1) is 23.8. The number of fused-ring (bicyclic) bond motifs is 1. The van der Waals surface area contributed by atoms with E-state index in [1.54, 1.807) is 29.0 Å². The number of aromatic nitrogens is 3. The Morgan fingerprint density at radius 2 is 2.09 bits per heavy atom. The normalized spacial score (nSPS) is 17.6. The third kappa shape index (κ3) is 5.40. The van der Waals surface area contributed by atoms with Gasteiger partial charge in [-0.3, -0.25) is 9.78 Å². The highest BCUT2D eigenvalue weighted by atomic mass is 35.5. The van der Waals surface area contributed by atoms with Gasteiger partial charge in [-0.1, -0.05) is 18.2 Å². The van der Waals surface area contributed by atoms with E-state index in [1.807, 2.05) is 0 Å². The van der Waals surface area contributed by atoms with Crippen molar-refractivity contribution >= 4 is 17.5 Å². The van der Waals surface area contributed by atoms with Crippen molar-refractivity contribution in [3.63, 3.8) is 0 Å². The fraction of sp³-hybridized carbons (Fsp3) is 0.261. The van der Waals surface area contributed by atoms with Gasteiger partial charge >= 0.3 is 6.18 Å². The van der Waals surface area contributed by atoms with Crippen molar-refractivity contribution in [3.8, 4) is 17.0 Å². The standard InChI is InChI=1S/C23H20ClF3N4O3/c1-13(30-22(33)20-9-18(32)16-8-15(24)3-4-19(16)34-20)6-7-31-11-17(29-12-31)14-2-5-21(28-10-14)23(25,26)27/h2-5,8,10-12,18,20,32H,1,6-7,9H2,(H,30,33)/t18-,20-/m0/s1. The highest BCUT2D eigenvalue weighted by Crippen LogP contribution is 2.36. The van der Waals surface area contributed by atoms with E-state index in [-0.39, 0.29) is 6.42 Å². The molecule has 0 unspecified atom stereocenters. The maximum atomic E-state index is 12.7. The lowest BCUT2D eigenvalue weighted by molar-refractivity contribution is -0.141. The van der Waals surface area contributed by atoms with Crippen LogP contribution in [0.5, 0.6) is 5.75 Å². The average molecular weight is 493 g/mol. The Kier molecular flexibility index (Phi) is 6.63. The van der Waals surface area contributed by atoms with E-state index >= 15 is 0 Å². The van der Waals surface area contributed by atoms with Crippen LogP contribution in [0.3, 0.4) is 0 Å². The van der Waals surface area contributed by atoms with Crippen LogP contribution in [-0.2, 0) is 17.5 Å². The zero-order valence-corrected chi connectivity index (χ0v) is 18.5. The molecule has 0 saturated carbocycles. The second-order valence-corrected chi connectivity index (χ2v) is 8.25. The van der Waals surface area contributed by atoms with Crippen molar-refractivity contribution in [2.75, 3.05) is 0 Å². The molecule has 0 bridgehead atoms. The largest absolute Gasteiger partial charge is 0.480 e. The molecule has 4 rings (SSSR count). The summed E-state index contributed by atoms with van der Waals surface area (Å²) in [6.45, 7) is 4.29. The zero-order valence-electron chi connectivity index (χ0n) is 17.7. The number of aliphatic hydroxyl groups excluding tert-OH is 1. The van der Waals surface area contributed by atoms with Crippen molar-refractivity contribution in [2.24, 2.45) is 0 Å². The van der Waals surface area contributed by atoms with E-state index in [0.29, 0.717) is 46.3 Å². The smallest absolute Gasteiger partial charge is 0.433 e. The lowest BCUT2D eigenvalue weighted by Crippen LogP contribution is -2.41. The lowest BCUT2D eigenvalue weighted by atomic mass is 9.98. The topological polar surface area (TPSA) is 89.3 Å². The Balaban J connectivity index is 1.30. The Labute approximate surface area is 197 Å². The molecule has 0 fully saturated rings. The molecule has 178 valence electrons. The third-order valence-electron chi connectivity index (χ3n) is 5.28. The summed E-state index contributed by atoms with van der Waals surface area (Å²) >= 11 is 5.95. The Morgan fingerprint density at radius 3 is 2.79 bits per heavy atom. The molecule has 2 atom stereocenters. The SMILES string of the molecule is C=C(CCn1cnc(-c2ccc(C(F)(F)F)nc2)c1)NC(=O)[C@@H]1C[C@H](O)c2cc(Cl)ccc2O1. The van der Waals surface area contributed by atoms with Crippen LogP contribution in [0.15, 0.2) is 61.3 Å². The minimum absolute atomic E-state index is 0.0818. The molecule has 1 amide bonds. The molecule has 1 aliphatic rings. The fourth-order valence-corrected chi connectivity index (χ4v) is 3.69. The van der Waals surface area contributed by atoms with Crippen LogP contribution in [0, 0.1) is 0 Å². The number of carbonyl (C=O) groups is 1. The molecule has 2 N–H and O–H groups in total. The number of nitrogens with zero attached hydrogens (tertiary/aromatic N) is 3. The van der Waals surface area contributed by atoms with Gasteiger partial charge in [0.25, 0.3) is 5.91 Å². The summed E-state index contributed by atoms with van der Waals surface area (Å²) in [6, 6.07) is 7.05. The van der Waals surface area contributed by atoms with E-state index < -0.39 is 30.0 Å². The molecule has 0 spiro atoms. The predicted octanol–water partition coefficient (Wildman–Crippen LogP) is 4.52. The minimum atomic E-state index is -4.50. The number of aryl methyl sites for hydroxylation is 1. The molecule has 0 radical (unpaired) electrons. The first-order valence-electron chi connectivity index (χ1n) is 10.3. The number of aliphatic hydroxyl groups is 1. The number of amides is 1. The summed E-state index contributed by atoms with van der Waals surface area (Å²) in [6.07, 6.45) is -1.47. The highest BCUT2D eigenvalue weighted by molar-refractivity contribution is 6.30. The molecule has 7 nitrogen and oxygen atoms in total. The number of hydrogen-bond acceptors (Lipinski definition) is 5. The van der Waals surface area contributed by atoms with Crippen molar-refractivity contribution in [2.45, 2.75) is 37.8 Å². The van der Waals surface area contributed by atoms with Crippen LogP contribution in [-0.4, -0.2) is 31.7 Å². The minimum Gasteiger partial charge on any atom is -0.480 e. The summed E-state index contributed by atoms with van der Waals surface area (Å²) in [4.78, 5) is 20.2. The number of halogens is 4. The van der Waals surface area contributed by atoms with Crippen LogP contribution < -0.4 is 10.1 Å². The number of carbonyl (C=O) groups excluding carboxylic acids is 1. The lowest BCUT2D eigenvalue weighted by Gasteiger charge is -2.29. The number of benzene rings is 1. The molecule has 2 aromatic heterocycles. The first-order valence-corrected chi connectivity index (χ1v) is 10.7. The maximum absolute atomic E-state index is 12.7. The fourth-order valence-electron chi connectivity index (χ4n) is 3.50. The molecule has 1 aliphatic heterocycles. The van der Waals surface area contributed by atoms with Gasteiger partial charge < -0.3 is 19.7 Å². The molecule has 1 aromatic carbocycles. The molecule has 11 heteroatoms. The number of imidazole rings is 1. The van der Waals surface area contributed by atoms with Crippen molar-refractivity contribution < 1.29 is 27.8 Å². The van der Waals surface area contributed by atoms with E-state index in [0.717, 1.165) is 12.3 Å². The number of pyridine rings is 1. The van der Waals surface area contributed by atoms with E-state index in [2.05, 4.69) is 21.9 Å². The molecule has 34 heavy (non-hydrogen) atoms. The average Bonchev–Trinajstić information content (AvgIpc) is 3.26. The Morgan fingerprint density at radius 1 is 1.29 bits per heavy atom. The van der Waals surface area contributed by atoms with Crippen LogP contribution in [0.1, 0.15) is 30.2 Å². The molecule has 0 saturated heterocycles. The molecular weight excluding hydrogens is 473 g/mol. The van der Waals surface area contributed by atoms with Gasteiger partial charge in [-0.25, -0.2) is 4.98 Å².